The average Bonchev–Trinajstić information content (AvgIpc) is 2.94. The predicted octanol–water partition coefficient (Wildman–Crippen LogP) is 2.26. The molecule has 0 saturated heterocycles. The standard InChI is InChI=1S/C14H21N5O/c1-6-10-9(8-19(5)18-10)13(20)15-12-7-11(16-17-12)14(2,3)4/h7-8H,6H2,1-5H3,(H2,15,16,17,20). The van der Waals surface area contributed by atoms with Gasteiger partial charge in [0.05, 0.1) is 11.3 Å². The number of hydrogen-bond acceptors (Lipinski definition) is 3. The molecule has 2 N–H and O–H groups in total. The Labute approximate surface area is 118 Å². The number of carbonyl (C=O) groups excluding carboxylic acids is 1. The van der Waals surface area contributed by atoms with Gasteiger partial charge in [0.25, 0.3) is 5.91 Å². The maximum absolute atomic E-state index is 12.2. The van der Waals surface area contributed by atoms with Crippen LogP contribution in [0, 0.1) is 0 Å². The van der Waals surface area contributed by atoms with Crippen LogP contribution in [0.15, 0.2) is 12.3 Å². The largest absolute Gasteiger partial charge is 0.305 e. The van der Waals surface area contributed by atoms with E-state index in [1.54, 1.807) is 10.9 Å². The molecule has 20 heavy (non-hydrogen) atoms. The van der Waals surface area contributed by atoms with E-state index in [2.05, 4.69) is 41.4 Å². The van der Waals surface area contributed by atoms with E-state index in [1.165, 1.54) is 0 Å². The van der Waals surface area contributed by atoms with Crippen molar-refractivity contribution < 1.29 is 4.79 Å². The van der Waals surface area contributed by atoms with E-state index in [0.29, 0.717) is 11.4 Å². The number of amides is 1. The molecule has 0 aliphatic heterocycles. The molecule has 0 aromatic carbocycles. The Bertz CT molecular complexity index is 618. The molecule has 0 saturated carbocycles. The Balaban J connectivity index is 2.17. The molecule has 2 aromatic rings. The van der Waals surface area contributed by atoms with Gasteiger partial charge in [0.1, 0.15) is 0 Å². The van der Waals surface area contributed by atoms with Gasteiger partial charge >= 0.3 is 0 Å². The third kappa shape index (κ3) is 2.89. The SMILES string of the molecule is CCc1nn(C)cc1C(=O)Nc1cc(C(C)(C)C)[nH]n1. The van der Waals surface area contributed by atoms with Gasteiger partial charge < -0.3 is 5.32 Å². The number of hydrogen-bond donors (Lipinski definition) is 2. The fourth-order valence-corrected chi connectivity index (χ4v) is 1.94. The Morgan fingerprint density at radius 3 is 2.70 bits per heavy atom. The normalized spacial score (nSPS) is 11.7. The van der Waals surface area contributed by atoms with Gasteiger partial charge in [-0.15, -0.1) is 0 Å². The highest BCUT2D eigenvalue weighted by molar-refractivity contribution is 6.04. The summed E-state index contributed by atoms with van der Waals surface area (Å²) >= 11 is 0. The second-order valence-electron chi connectivity index (χ2n) is 5.89. The van der Waals surface area contributed by atoms with Crippen LogP contribution in [-0.2, 0) is 18.9 Å². The van der Waals surface area contributed by atoms with Gasteiger partial charge in [-0.25, -0.2) is 0 Å². The maximum atomic E-state index is 12.2. The third-order valence-corrected chi connectivity index (χ3v) is 3.11. The molecule has 0 spiro atoms. The fourth-order valence-electron chi connectivity index (χ4n) is 1.94. The molecule has 6 nitrogen and oxygen atoms in total. The van der Waals surface area contributed by atoms with Crippen molar-refractivity contribution in [2.24, 2.45) is 7.05 Å². The molecule has 0 aliphatic rings. The van der Waals surface area contributed by atoms with Crippen molar-refractivity contribution >= 4 is 11.7 Å². The number of nitrogens with zero attached hydrogens (tertiary/aromatic N) is 3. The zero-order chi connectivity index (χ0) is 14.9. The van der Waals surface area contributed by atoms with Gasteiger partial charge in [-0.3, -0.25) is 14.6 Å². The van der Waals surface area contributed by atoms with Crippen LogP contribution < -0.4 is 5.32 Å². The lowest BCUT2D eigenvalue weighted by atomic mass is 9.92. The first-order valence-electron chi connectivity index (χ1n) is 6.71. The Morgan fingerprint density at radius 2 is 2.15 bits per heavy atom. The lowest BCUT2D eigenvalue weighted by Crippen LogP contribution is -2.13. The summed E-state index contributed by atoms with van der Waals surface area (Å²) in [7, 11) is 1.81. The quantitative estimate of drug-likeness (QED) is 0.902. The number of rotatable bonds is 3. The van der Waals surface area contributed by atoms with E-state index in [1.807, 2.05) is 20.0 Å². The number of aromatic nitrogens is 4. The van der Waals surface area contributed by atoms with Crippen LogP contribution >= 0.6 is 0 Å². The highest BCUT2D eigenvalue weighted by Crippen LogP contribution is 2.22. The summed E-state index contributed by atoms with van der Waals surface area (Å²) < 4.78 is 1.65. The molecule has 0 radical (unpaired) electrons. The number of anilines is 1. The van der Waals surface area contributed by atoms with Crippen LogP contribution in [-0.4, -0.2) is 25.9 Å². The topological polar surface area (TPSA) is 75.6 Å². The molecule has 1 amide bonds. The van der Waals surface area contributed by atoms with Crippen LogP contribution in [0.5, 0.6) is 0 Å². The molecular formula is C14H21N5O. The average molecular weight is 275 g/mol. The first kappa shape index (κ1) is 14.3. The summed E-state index contributed by atoms with van der Waals surface area (Å²) in [4.78, 5) is 12.2. The molecule has 2 aromatic heterocycles. The summed E-state index contributed by atoms with van der Waals surface area (Å²) in [5.74, 6) is 0.354. The van der Waals surface area contributed by atoms with Crippen LogP contribution in [0.4, 0.5) is 5.82 Å². The van der Waals surface area contributed by atoms with E-state index in [4.69, 9.17) is 0 Å². The minimum atomic E-state index is -0.179. The molecule has 6 heteroatoms. The summed E-state index contributed by atoms with van der Waals surface area (Å²) in [5, 5.41) is 14.1. The van der Waals surface area contributed by atoms with Crippen molar-refractivity contribution in [1.82, 2.24) is 20.0 Å². The van der Waals surface area contributed by atoms with E-state index < -0.39 is 0 Å². The summed E-state index contributed by atoms with van der Waals surface area (Å²) in [5.41, 5.74) is 2.33. The van der Waals surface area contributed by atoms with Crippen molar-refractivity contribution in [1.29, 1.82) is 0 Å². The molecule has 0 fully saturated rings. The lowest BCUT2D eigenvalue weighted by molar-refractivity contribution is 0.102. The number of H-pyrrole nitrogens is 1. The molecule has 0 aliphatic carbocycles. The molecule has 108 valence electrons. The van der Waals surface area contributed by atoms with Gasteiger partial charge in [0.15, 0.2) is 5.82 Å². The zero-order valence-electron chi connectivity index (χ0n) is 12.6. The van der Waals surface area contributed by atoms with Gasteiger partial charge in [0.2, 0.25) is 0 Å². The fraction of sp³-hybridized carbons (Fsp3) is 0.500. The van der Waals surface area contributed by atoms with Gasteiger partial charge in [-0.1, -0.05) is 27.7 Å². The monoisotopic (exact) mass is 275 g/mol. The van der Waals surface area contributed by atoms with E-state index >= 15 is 0 Å². The first-order valence-corrected chi connectivity index (χ1v) is 6.71. The Morgan fingerprint density at radius 1 is 1.45 bits per heavy atom. The number of aromatic amines is 1. The molecule has 2 heterocycles. The summed E-state index contributed by atoms with van der Waals surface area (Å²) in [6, 6.07) is 1.86. The van der Waals surface area contributed by atoms with Crippen molar-refractivity contribution in [2.75, 3.05) is 5.32 Å². The molecule has 0 atom stereocenters. The van der Waals surface area contributed by atoms with Crippen molar-refractivity contribution in [2.45, 2.75) is 39.5 Å². The van der Waals surface area contributed by atoms with E-state index in [-0.39, 0.29) is 11.3 Å². The second kappa shape index (κ2) is 5.11. The Hall–Kier alpha value is -2.11. The Kier molecular flexibility index (Phi) is 3.65. The zero-order valence-corrected chi connectivity index (χ0v) is 12.6. The summed E-state index contributed by atoms with van der Waals surface area (Å²) in [6.07, 6.45) is 2.45. The minimum Gasteiger partial charge on any atom is -0.305 e. The molecule has 0 unspecified atom stereocenters. The lowest BCUT2D eigenvalue weighted by Gasteiger charge is -2.14. The number of nitrogens with one attached hydrogen (secondary N) is 2. The van der Waals surface area contributed by atoms with Gasteiger partial charge in [-0.2, -0.15) is 10.2 Å². The molecular weight excluding hydrogens is 254 g/mol. The molecule has 2 rings (SSSR count). The smallest absolute Gasteiger partial charge is 0.260 e. The minimum absolute atomic E-state index is 0.0289. The summed E-state index contributed by atoms with van der Waals surface area (Å²) in [6.45, 7) is 8.23. The highest BCUT2D eigenvalue weighted by atomic mass is 16.1. The molecule has 0 bridgehead atoms. The van der Waals surface area contributed by atoms with E-state index in [9.17, 15) is 4.79 Å². The van der Waals surface area contributed by atoms with E-state index in [0.717, 1.165) is 17.8 Å². The van der Waals surface area contributed by atoms with Gasteiger partial charge in [-0.05, 0) is 6.42 Å². The van der Waals surface area contributed by atoms with Crippen LogP contribution in [0.3, 0.4) is 0 Å². The third-order valence-electron chi connectivity index (χ3n) is 3.11. The highest BCUT2D eigenvalue weighted by Gasteiger charge is 2.19. The van der Waals surface area contributed by atoms with Crippen LogP contribution in [0.2, 0.25) is 0 Å². The number of carbonyl (C=O) groups is 1. The predicted molar refractivity (Wildman–Crippen MR) is 77.8 cm³/mol. The first-order chi connectivity index (χ1) is 9.31. The van der Waals surface area contributed by atoms with Crippen LogP contribution in [0.1, 0.15) is 49.4 Å². The van der Waals surface area contributed by atoms with Crippen molar-refractivity contribution in [3.63, 3.8) is 0 Å². The maximum Gasteiger partial charge on any atom is 0.260 e. The van der Waals surface area contributed by atoms with Crippen LogP contribution in [0.25, 0.3) is 0 Å². The van der Waals surface area contributed by atoms with Gasteiger partial charge in [0, 0.05) is 30.4 Å². The van der Waals surface area contributed by atoms with Crippen molar-refractivity contribution in [3.05, 3.63) is 29.2 Å². The number of aryl methyl sites for hydroxylation is 2. The second-order valence-corrected chi connectivity index (χ2v) is 5.89. The van der Waals surface area contributed by atoms with Crippen molar-refractivity contribution in [3.8, 4) is 0 Å².